The Balaban J connectivity index is 2.15. The van der Waals surface area contributed by atoms with Crippen molar-refractivity contribution in [2.24, 2.45) is 5.92 Å². The van der Waals surface area contributed by atoms with Crippen molar-refractivity contribution in [3.05, 3.63) is 70.3 Å². The highest BCUT2D eigenvalue weighted by Crippen LogP contribution is 2.24. The topological polar surface area (TPSA) is 69.7 Å². The van der Waals surface area contributed by atoms with E-state index in [1.807, 2.05) is 59.7 Å². The van der Waals surface area contributed by atoms with Gasteiger partial charge in [-0.3, -0.25) is 4.79 Å². The number of rotatable bonds is 10. The maximum atomic E-state index is 12.9. The van der Waals surface area contributed by atoms with Crippen LogP contribution in [-0.2, 0) is 14.3 Å². The third kappa shape index (κ3) is 6.28. The van der Waals surface area contributed by atoms with E-state index in [1.54, 1.807) is 24.3 Å². The van der Waals surface area contributed by atoms with Crippen LogP contribution >= 0.6 is 0 Å². The first-order valence-electron chi connectivity index (χ1n) is 11.3. The van der Waals surface area contributed by atoms with Gasteiger partial charge in [0.1, 0.15) is 12.2 Å². The Morgan fingerprint density at radius 2 is 1.47 bits per heavy atom. The first-order valence-corrected chi connectivity index (χ1v) is 11.3. The van der Waals surface area contributed by atoms with Gasteiger partial charge in [-0.15, -0.1) is 0 Å². The predicted molar refractivity (Wildman–Crippen MR) is 125 cm³/mol. The van der Waals surface area contributed by atoms with Crippen LogP contribution in [0.15, 0.2) is 42.5 Å². The van der Waals surface area contributed by atoms with Crippen LogP contribution in [0.4, 0.5) is 0 Å². The predicted octanol–water partition coefficient (Wildman–Crippen LogP) is 5.78. The Hall–Kier alpha value is -2.95. The lowest BCUT2D eigenvalue weighted by Crippen LogP contribution is -2.37. The van der Waals surface area contributed by atoms with Crippen LogP contribution in [0.25, 0.3) is 0 Å². The molecule has 3 unspecified atom stereocenters. The summed E-state index contributed by atoms with van der Waals surface area (Å²) >= 11 is 0. The summed E-state index contributed by atoms with van der Waals surface area (Å²) in [5, 5.41) is 0. The fraction of sp³-hybridized carbons (Fsp3) is 0.444. The molecular formula is C27H34O5. The lowest BCUT2D eigenvalue weighted by molar-refractivity contribution is -0.148. The first kappa shape index (κ1) is 25.3. The SMILES string of the molecule is CCCC(OC(=O)c1ccccc1)C(C)C(CC)OC(=O)C(=O)c1c(C)cc(C)cc1C. The lowest BCUT2D eigenvalue weighted by Gasteiger charge is -2.30. The van der Waals surface area contributed by atoms with Crippen molar-refractivity contribution in [3.8, 4) is 0 Å². The summed E-state index contributed by atoms with van der Waals surface area (Å²) in [6.07, 6.45) is 0.982. The average molecular weight is 439 g/mol. The van der Waals surface area contributed by atoms with Gasteiger partial charge in [-0.05, 0) is 56.9 Å². The average Bonchev–Trinajstić information content (AvgIpc) is 2.76. The summed E-state index contributed by atoms with van der Waals surface area (Å²) in [6.45, 7) is 11.4. The second kappa shape index (κ2) is 11.6. The zero-order valence-corrected chi connectivity index (χ0v) is 19.9. The second-order valence-electron chi connectivity index (χ2n) is 8.41. The Kier molecular flexibility index (Phi) is 9.18. The molecule has 0 saturated carbocycles. The van der Waals surface area contributed by atoms with Crippen LogP contribution < -0.4 is 0 Å². The Morgan fingerprint density at radius 1 is 0.875 bits per heavy atom. The normalized spacial score (nSPS) is 13.7. The Morgan fingerprint density at radius 3 is 2.00 bits per heavy atom. The van der Waals surface area contributed by atoms with Gasteiger partial charge in [0.25, 0.3) is 5.78 Å². The van der Waals surface area contributed by atoms with Crippen LogP contribution in [0, 0.1) is 26.7 Å². The van der Waals surface area contributed by atoms with E-state index in [1.165, 1.54) is 0 Å². The number of aryl methyl sites for hydroxylation is 3. The zero-order chi connectivity index (χ0) is 23.8. The summed E-state index contributed by atoms with van der Waals surface area (Å²) in [7, 11) is 0. The van der Waals surface area contributed by atoms with Crippen molar-refractivity contribution in [2.45, 2.75) is 73.0 Å². The number of hydrogen-bond donors (Lipinski definition) is 0. The van der Waals surface area contributed by atoms with Crippen molar-refractivity contribution < 1.29 is 23.9 Å². The molecule has 0 radical (unpaired) electrons. The van der Waals surface area contributed by atoms with E-state index in [9.17, 15) is 14.4 Å². The van der Waals surface area contributed by atoms with Gasteiger partial charge < -0.3 is 9.47 Å². The van der Waals surface area contributed by atoms with Gasteiger partial charge >= 0.3 is 11.9 Å². The molecule has 2 rings (SSSR count). The van der Waals surface area contributed by atoms with E-state index in [4.69, 9.17) is 9.47 Å². The van der Waals surface area contributed by atoms with E-state index >= 15 is 0 Å². The maximum Gasteiger partial charge on any atom is 0.379 e. The maximum absolute atomic E-state index is 12.9. The van der Waals surface area contributed by atoms with Crippen molar-refractivity contribution in [1.82, 2.24) is 0 Å². The van der Waals surface area contributed by atoms with Crippen molar-refractivity contribution in [3.63, 3.8) is 0 Å². The van der Waals surface area contributed by atoms with Crippen molar-refractivity contribution in [1.29, 1.82) is 0 Å². The fourth-order valence-corrected chi connectivity index (χ4v) is 4.13. The molecule has 32 heavy (non-hydrogen) atoms. The summed E-state index contributed by atoms with van der Waals surface area (Å²) in [6, 6.07) is 12.6. The van der Waals surface area contributed by atoms with Gasteiger partial charge in [0.05, 0.1) is 5.56 Å². The van der Waals surface area contributed by atoms with Crippen molar-refractivity contribution in [2.75, 3.05) is 0 Å². The number of ketones is 1. The van der Waals surface area contributed by atoms with Gasteiger partial charge in [-0.25, -0.2) is 9.59 Å². The molecule has 0 spiro atoms. The van der Waals surface area contributed by atoms with Gasteiger partial charge in [0.15, 0.2) is 0 Å². The minimum Gasteiger partial charge on any atom is -0.458 e. The minimum absolute atomic E-state index is 0.260. The molecule has 0 N–H and O–H groups in total. The van der Waals surface area contributed by atoms with E-state index in [0.29, 0.717) is 24.0 Å². The van der Waals surface area contributed by atoms with E-state index in [0.717, 1.165) is 23.1 Å². The summed E-state index contributed by atoms with van der Waals surface area (Å²) in [5.41, 5.74) is 3.42. The minimum atomic E-state index is -0.872. The largest absolute Gasteiger partial charge is 0.458 e. The summed E-state index contributed by atoms with van der Waals surface area (Å²) < 4.78 is 11.4. The molecule has 0 fully saturated rings. The van der Waals surface area contributed by atoms with Gasteiger partial charge in [-0.1, -0.05) is 63.1 Å². The molecule has 0 aliphatic heterocycles. The Labute approximate surface area is 191 Å². The second-order valence-corrected chi connectivity index (χ2v) is 8.41. The van der Waals surface area contributed by atoms with Gasteiger partial charge in [0.2, 0.25) is 0 Å². The van der Waals surface area contributed by atoms with E-state index in [2.05, 4.69) is 0 Å². The molecule has 3 atom stereocenters. The number of carbonyl (C=O) groups excluding carboxylic acids is 3. The highest BCUT2D eigenvalue weighted by Gasteiger charge is 2.32. The number of esters is 2. The molecular weight excluding hydrogens is 404 g/mol. The molecule has 0 saturated heterocycles. The number of hydrogen-bond acceptors (Lipinski definition) is 5. The fourth-order valence-electron chi connectivity index (χ4n) is 4.13. The van der Waals surface area contributed by atoms with Gasteiger partial charge in [0, 0.05) is 11.5 Å². The Bertz CT molecular complexity index is 925. The van der Waals surface area contributed by atoms with Crippen molar-refractivity contribution >= 4 is 17.7 Å². The number of benzene rings is 2. The molecule has 0 amide bonds. The number of ether oxygens (including phenoxy) is 2. The first-order chi connectivity index (χ1) is 15.2. The third-order valence-electron chi connectivity index (χ3n) is 5.76. The molecule has 5 nitrogen and oxygen atoms in total. The quantitative estimate of drug-likeness (QED) is 0.267. The molecule has 0 heterocycles. The molecule has 2 aromatic rings. The van der Waals surface area contributed by atoms with E-state index in [-0.39, 0.29) is 5.92 Å². The summed E-state index contributed by atoms with van der Waals surface area (Å²) in [5.74, 6) is -2.18. The third-order valence-corrected chi connectivity index (χ3v) is 5.76. The highest BCUT2D eigenvalue weighted by molar-refractivity contribution is 6.41. The lowest BCUT2D eigenvalue weighted by atomic mass is 9.92. The molecule has 172 valence electrons. The number of Topliss-reactive ketones (excluding diaryl/α,β-unsaturated/α-hetero) is 1. The molecule has 0 bridgehead atoms. The van der Waals surface area contributed by atoms with Crippen LogP contribution in [-0.4, -0.2) is 29.9 Å². The highest BCUT2D eigenvalue weighted by atomic mass is 16.6. The smallest absolute Gasteiger partial charge is 0.379 e. The van der Waals surface area contributed by atoms with Crippen LogP contribution in [0.1, 0.15) is 77.4 Å². The van der Waals surface area contributed by atoms with E-state index < -0.39 is 29.9 Å². The van der Waals surface area contributed by atoms with Crippen LogP contribution in [0.5, 0.6) is 0 Å². The monoisotopic (exact) mass is 438 g/mol. The van der Waals surface area contributed by atoms with Crippen LogP contribution in [0.2, 0.25) is 0 Å². The van der Waals surface area contributed by atoms with Gasteiger partial charge in [-0.2, -0.15) is 0 Å². The standard InChI is InChI=1S/C27H34O5/c1-7-12-23(32-26(29)21-13-10-9-11-14-21)20(6)22(8-2)31-27(30)25(28)24-18(4)15-17(3)16-19(24)5/h9-11,13-16,20,22-23H,7-8,12H2,1-6H3. The molecule has 0 aliphatic carbocycles. The molecule has 0 aromatic heterocycles. The van der Waals surface area contributed by atoms with Crippen LogP contribution in [0.3, 0.4) is 0 Å². The molecule has 2 aromatic carbocycles. The summed E-state index contributed by atoms with van der Waals surface area (Å²) in [4.78, 5) is 38.2. The zero-order valence-electron chi connectivity index (χ0n) is 19.9. The number of carbonyl (C=O) groups is 3. The molecule has 0 aliphatic rings. The molecule has 5 heteroatoms.